The van der Waals surface area contributed by atoms with Crippen molar-refractivity contribution >= 4 is 9.84 Å². The Morgan fingerprint density at radius 2 is 2.00 bits per heavy atom. The van der Waals surface area contributed by atoms with Crippen LogP contribution in [0.2, 0.25) is 0 Å². The SMILES string of the molecule is C#CCOc1c(S(C)(=O)=O)ccc(C)c1C. The van der Waals surface area contributed by atoms with Crippen molar-refractivity contribution in [3.63, 3.8) is 0 Å². The van der Waals surface area contributed by atoms with Crippen LogP contribution in [0.4, 0.5) is 0 Å². The van der Waals surface area contributed by atoms with Crippen LogP contribution in [-0.2, 0) is 9.84 Å². The minimum absolute atomic E-state index is 0.0623. The topological polar surface area (TPSA) is 43.4 Å². The van der Waals surface area contributed by atoms with Crippen LogP contribution in [0.15, 0.2) is 17.0 Å². The Kier molecular flexibility index (Phi) is 3.61. The fourth-order valence-electron chi connectivity index (χ4n) is 1.35. The lowest BCUT2D eigenvalue weighted by atomic mass is 10.1. The summed E-state index contributed by atoms with van der Waals surface area (Å²) in [6.07, 6.45) is 6.25. The molecule has 1 rings (SSSR count). The molecule has 0 saturated heterocycles. The van der Waals surface area contributed by atoms with Gasteiger partial charge in [-0.15, -0.1) is 6.42 Å². The summed E-state index contributed by atoms with van der Waals surface area (Å²) in [6, 6.07) is 3.30. The molecule has 0 aliphatic rings. The molecule has 16 heavy (non-hydrogen) atoms. The molecule has 0 bridgehead atoms. The Morgan fingerprint density at radius 3 is 2.50 bits per heavy atom. The van der Waals surface area contributed by atoms with Gasteiger partial charge in [0.25, 0.3) is 0 Å². The third-order valence-electron chi connectivity index (χ3n) is 2.34. The van der Waals surface area contributed by atoms with Gasteiger partial charge in [0.1, 0.15) is 17.3 Å². The van der Waals surface area contributed by atoms with Crippen molar-refractivity contribution < 1.29 is 13.2 Å². The number of benzene rings is 1. The van der Waals surface area contributed by atoms with Crippen molar-refractivity contribution in [2.45, 2.75) is 18.7 Å². The van der Waals surface area contributed by atoms with Crippen molar-refractivity contribution in [3.05, 3.63) is 23.3 Å². The molecule has 0 radical (unpaired) electrons. The molecule has 0 unspecified atom stereocenters. The van der Waals surface area contributed by atoms with Gasteiger partial charge in [-0.1, -0.05) is 12.0 Å². The monoisotopic (exact) mass is 238 g/mol. The van der Waals surface area contributed by atoms with E-state index in [2.05, 4.69) is 5.92 Å². The molecule has 86 valence electrons. The molecule has 0 aromatic heterocycles. The Balaban J connectivity index is 3.40. The van der Waals surface area contributed by atoms with Crippen LogP contribution in [0, 0.1) is 26.2 Å². The van der Waals surface area contributed by atoms with E-state index in [0.29, 0.717) is 5.75 Å². The quantitative estimate of drug-likeness (QED) is 0.753. The van der Waals surface area contributed by atoms with Crippen LogP contribution < -0.4 is 4.74 Å². The van der Waals surface area contributed by atoms with Crippen LogP contribution in [0.3, 0.4) is 0 Å². The Hall–Kier alpha value is -1.47. The smallest absolute Gasteiger partial charge is 0.179 e. The van der Waals surface area contributed by atoms with Gasteiger partial charge in [0.15, 0.2) is 9.84 Å². The van der Waals surface area contributed by atoms with Gasteiger partial charge >= 0.3 is 0 Å². The van der Waals surface area contributed by atoms with Crippen LogP contribution >= 0.6 is 0 Å². The van der Waals surface area contributed by atoms with Gasteiger partial charge in [-0.3, -0.25) is 0 Å². The standard InChI is InChI=1S/C12H14O3S/c1-5-8-15-12-10(3)9(2)6-7-11(12)16(4,13)14/h1,6-7H,8H2,2-4H3. The van der Waals surface area contributed by atoms with Crippen molar-refractivity contribution in [3.8, 4) is 18.1 Å². The average molecular weight is 238 g/mol. The highest BCUT2D eigenvalue weighted by Crippen LogP contribution is 2.29. The maximum Gasteiger partial charge on any atom is 0.179 e. The Bertz CT molecular complexity index is 536. The third-order valence-corrected chi connectivity index (χ3v) is 3.46. The number of aryl methyl sites for hydroxylation is 1. The molecule has 0 aliphatic heterocycles. The van der Waals surface area contributed by atoms with Crippen molar-refractivity contribution in [1.82, 2.24) is 0 Å². The lowest BCUT2D eigenvalue weighted by Crippen LogP contribution is -2.05. The first-order valence-electron chi connectivity index (χ1n) is 4.74. The van der Waals surface area contributed by atoms with Crippen molar-refractivity contribution in [2.24, 2.45) is 0 Å². The van der Waals surface area contributed by atoms with Gasteiger partial charge < -0.3 is 4.74 Å². The lowest BCUT2D eigenvalue weighted by Gasteiger charge is -2.13. The van der Waals surface area contributed by atoms with E-state index in [4.69, 9.17) is 11.2 Å². The molecule has 1 aromatic carbocycles. The van der Waals surface area contributed by atoms with Gasteiger partial charge in [0.05, 0.1) is 0 Å². The molecular formula is C12H14O3S. The highest BCUT2D eigenvalue weighted by molar-refractivity contribution is 7.90. The molecule has 0 heterocycles. The van der Waals surface area contributed by atoms with Gasteiger partial charge in [0.2, 0.25) is 0 Å². The lowest BCUT2D eigenvalue weighted by molar-refractivity contribution is 0.357. The molecule has 0 fully saturated rings. The largest absolute Gasteiger partial charge is 0.479 e. The molecular weight excluding hydrogens is 224 g/mol. The summed E-state index contributed by atoms with van der Waals surface area (Å²) in [4.78, 5) is 0.186. The van der Waals surface area contributed by atoms with Gasteiger partial charge in [-0.2, -0.15) is 0 Å². The van der Waals surface area contributed by atoms with Gasteiger partial charge in [-0.25, -0.2) is 8.42 Å². The Labute approximate surface area is 96.4 Å². The molecule has 0 spiro atoms. The maximum absolute atomic E-state index is 11.5. The minimum Gasteiger partial charge on any atom is -0.479 e. The highest BCUT2D eigenvalue weighted by atomic mass is 32.2. The summed E-state index contributed by atoms with van der Waals surface area (Å²) < 4.78 is 28.4. The molecule has 0 N–H and O–H groups in total. The van der Waals surface area contributed by atoms with Crippen molar-refractivity contribution in [1.29, 1.82) is 0 Å². The fraction of sp³-hybridized carbons (Fsp3) is 0.333. The van der Waals surface area contributed by atoms with E-state index in [0.717, 1.165) is 17.4 Å². The molecule has 1 aromatic rings. The molecule has 0 amide bonds. The molecule has 3 nitrogen and oxygen atoms in total. The summed E-state index contributed by atoms with van der Waals surface area (Å²) in [5.41, 5.74) is 1.78. The second-order valence-electron chi connectivity index (χ2n) is 3.60. The molecule has 4 heteroatoms. The predicted molar refractivity (Wildman–Crippen MR) is 63.4 cm³/mol. The summed E-state index contributed by atoms with van der Waals surface area (Å²) in [5, 5.41) is 0. The first-order chi connectivity index (χ1) is 7.38. The van der Waals surface area contributed by atoms with Crippen LogP contribution in [-0.4, -0.2) is 21.3 Å². The molecule has 0 atom stereocenters. The van der Waals surface area contributed by atoms with Crippen LogP contribution in [0.5, 0.6) is 5.75 Å². The first kappa shape index (κ1) is 12.6. The number of terminal acetylenes is 1. The number of rotatable bonds is 3. The van der Waals surface area contributed by atoms with Gasteiger partial charge in [-0.05, 0) is 31.0 Å². The fourth-order valence-corrected chi connectivity index (χ4v) is 2.21. The number of sulfone groups is 1. The summed E-state index contributed by atoms with van der Waals surface area (Å²) in [7, 11) is -3.30. The zero-order chi connectivity index (χ0) is 12.3. The van der Waals surface area contributed by atoms with E-state index >= 15 is 0 Å². The summed E-state index contributed by atoms with van der Waals surface area (Å²) >= 11 is 0. The molecule has 0 saturated carbocycles. The van der Waals surface area contributed by atoms with E-state index < -0.39 is 9.84 Å². The van der Waals surface area contributed by atoms with Crippen LogP contribution in [0.1, 0.15) is 11.1 Å². The van der Waals surface area contributed by atoms with E-state index in [1.165, 1.54) is 0 Å². The minimum atomic E-state index is -3.30. The molecule has 0 aliphatic carbocycles. The van der Waals surface area contributed by atoms with E-state index in [-0.39, 0.29) is 11.5 Å². The zero-order valence-electron chi connectivity index (χ0n) is 9.57. The average Bonchev–Trinajstić information content (AvgIpc) is 2.18. The van der Waals surface area contributed by atoms with Crippen molar-refractivity contribution in [2.75, 3.05) is 12.9 Å². The number of ether oxygens (including phenoxy) is 1. The van der Waals surface area contributed by atoms with E-state index in [1.807, 2.05) is 13.8 Å². The second-order valence-corrected chi connectivity index (χ2v) is 5.58. The summed E-state index contributed by atoms with van der Waals surface area (Å²) in [5.74, 6) is 2.69. The van der Waals surface area contributed by atoms with E-state index in [1.54, 1.807) is 12.1 Å². The summed E-state index contributed by atoms with van der Waals surface area (Å²) in [6.45, 7) is 3.77. The van der Waals surface area contributed by atoms with Crippen LogP contribution in [0.25, 0.3) is 0 Å². The highest BCUT2D eigenvalue weighted by Gasteiger charge is 2.17. The Morgan fingerprint density at radius 1 is 1.38 bits per heavy atom. The normalized spacial score (nSPS) is 10.9. The zero-order valence-corrected chi connectivity index (χ0v) is 10.4. The van der Waals surface area contributed by atoms with Gasteiger partial charge in [0, 0.05) is 6.26 Å². The second kappa shape index (κ2) is 4.58. The van der Waals surface area contributed by atoms with E-state index in [9.17, 15) is 8.42 Å². The number of hydrogen-bond donors (Lipinski definition) is 0. The third kappa shape index (κ3) is 2.56. The first-order valence-corrected chi connectivity index (χ1v) is 6.63. The number of hydrogen-bond acceptors (Lipinski definition) is 3. The maximum atomic E-state index is 11.5. The predicted octanol–water partition coefficient (Wildman–Crippen LogP) is 1.72.